The molecule has 116 valence electrons. The minimum absolute atomic E-state index is 0. The summed E-state index contributed by atoms with van der Waals surface area (Å²) in [6, 6.07) is -0.403. The maximum absolute atomic E-state index is 11.8. The zero-order valence-electron chi connectivity index (χ0n) is 12.9. The Morgan fingerprint density at radius 1 is 1.26 bits per heavy atom. The van der Waals surface area contributed by atoms with Crippen LogP contribution in [0.4, 0.5) is 0 Å². The van der Waals surface area contributed by atoms with Gasteiger partial charge in [0, 0.05) is 13.2 Å². The lowest BCUT2D eigenvalue weighted by Crippen LogP contribution is -2.45. The van der Waals surface area contributed by atoms with Gasteiger partial charge in [0.2, 0.25) is 5.91 Å². The predicted octanol–water partition coefficient (Wildman–Crippen LogP) is 2.35. The lowest BCUT2D eigenvalue weighted by atomic mass is 9.99. The third-order valence-electron chi connectivity index (χ3n) is 3.41. The maximum Gasteiger partial charge on any atom is 0.237 e. The summed E-state index contributed by atoms with van der Waals surface area (Å²) in [5.41, 5.74) is 5.86. The maximum atomic E-state index is 11.8. The van der Waals surface area contributed by atoms with Gasteiger partial charge >= 0.3 is 0 Å². The summed E-state index contributed by atoms with van der Waals surface area (Å²) in [5.74, 6) is 0.631. The Morgan fingerprint density at radius 2 is 1.84 bits per heavy atom. The standard InChI is InChI=1S/C14H30N2O2.ClH/c1-6-11(5)13(15)14(17)16-9-8-12(10(3)4)18-7-2;/h10-13H,6-9,15H2,1-5H3,(H,16,17);1H. The van der Waals surface area contributed by atoms with Crippen LogP contribution < -0.4 is 11.1 Å². The minimum Gasteiger partial charge on any atom is -0.378 e. The van der Waals surface area contributed by atoms with Crippen molar-refractivity contribution < 1.29 is 9.53 Å². The largest absolute Gasteiger partial charge is 0.378 e. The van der Waals surface area contributed by atoms with Gasteiger partial charge < -0.3 is 15.8 Å². The van der Waals surface area contributed by atoms with Gasteiger partial charge in [-0.15, -0.1) is 12.4 Å². The second-order valence-corrected chi connectivity index (χ2v) is 5.23. The Balaban J connectivity index is 0. The number of nitrogens with one attached hydrogen (secondary N) is 1. The molecule has 0 saturated heterocycles. The number of ether oxygens (including phenoxy) is 1. The molecule has 0 saturated carbocycles. The summed E-state index contributed by atoms with van der Waals surface area (Å²) < 4.78 is 5.63. The van der Waals surface area contributed by atoms with Crippen LogP contribution in [0.25, 0.3) is 0 Å². The second-order valence-electron chi connectivity index (χ2n) is 5.23. The van der Waals surface area contributed by atoms with Gasteiger partial charge in [0.15, 0.2) is 0 Å². The number of hydrogen-bond donors (Lipinski definition) is 2. The van der Waals surface area contributed by atoms with E-state index in [9.17, 15) is 4.79 Å². The van der Waals surface area contributed by atoms with Gasteiger partial charge in [-0.05, 0) is 25.2 Å². The van der Waals surface area contributed by atoms with Crippen LogP contribution in [0.5, 0.6) is 0 Å². The summed E-state index contributed by atoms with van der Waals surface area (Å²) in [7, 11) is 0. The van der Waals surface area contributed by atoms with Crippen molar-refractivity contribution >= 4 is 18.3 Å². The molecule has 3 N–H and O–H groups in total. The molecule has 0 aliphatic heterocycles. The first-order valence-electron chi connectivity index (χ1n) is 7.08. The number of carbonyl (C=O) groups is 1. The van der Waals surface area contributed by atoms with Gasteiger partial charge in [0.05, 0.1) is 12.1 Å². The van der Waals surface area contributed by atoms with Crippen molar-refractivity contribution in [2.45, 2.75) is 59.6 Å². The molecule has 1 amide bonds. The molecule has 3 unspecified atom stereocenters. The molecule has 0 spiro atoms. The van der Waals surface area contributed by atoms with Gasteiger partial charge in [-0.25, -0.2) is 0 Å². The predicted molar refractivity (Wildman–Crippen MR) is 82.6 cm³/mol. The fourth-order valence-electron chi connectivity index (χ4n) is 1.79. The highest BCUT2D eigenvalue weighted by Crippen LogP contribution is 2.10. The molecule has 0 rings (SSSR count). The normalized spacial score (nSPS) is 15.5. The van der Waals surface area contributed by atoms with Crippen LogP contribution in [0, 0.1) is 11.8 Å². The number of rotatable bonds is 9. The third kappa shape index (κ3) is 8.45. The summed E-state index contributed by atoms with van der Waals surface area (Å²) >= 11 is 0. The Kier molecular flexibility index (Phi) is 12.7. The molecular weight excluding hydrogens is 264 g/mol. The summed E-state index contributed by atoms with van der Waals surface area (Å²) in [6.45, 7) is 11.6. The number of halogens is 1. The molecule has 0 aromatic heterocycles. The second kappa shape index (κ2) is 11.5. The van der Waals surface area contributed by atoms with E-state index < -0.39 is 6.04 Å². The fraction of sp³-hybridized carbons (Fsp3) is 0.929. The van der Waals surface area contributed by atoms with E-state index in [0.29, 0.717) is 19.1 Å². The quantitative estimate of drug-likeness (QED) is 0.686. The molecule has 0 radical (unpaired) electrons. The van der Waals surface area contributed by atoms with Crippen molar-refractivity contribution in [2.75, 3.05) is 13.2 Å². The first-order valence-corrected chi connectivity index (χ1v) is 7.08. The van der Waals surface area contributed by atoms with E-state index in [1.54, 1.807) is 0 Å². The molecule has 0 bridgehead atoms. The Labute approximate surface area is 124 Å². The van der Waals surface area contributed by atoms with Crippen LogP contribution in [0.2, 0.25) is 0 Å². The molecule has 3 atom stereocenters. The Bertz CT molecular complexity index is 237. The van der Waals surface area contributed by atoms with E-state index in [-0.39, 0.29) is 30.3 Å². The first-order chi connectivity index (χ1) is 8.43. The van der Waals surface area contributed by atoms with Crippen LogP contribution >= 0.6 is 12.4 Å². The van der Waals surface area contributed by atoms with Gasteiger partial charge in [-0.1, -0.05) is 34.1 Å². The zero-order valence-corrected chi connectivity index (χ0v) is 13.8. The SMILES string of the molecule is CCOC(CCNC(=O)C(N)C(C)CC)C(C)C.Cl. The molecule has 0 aliphatic rings. The van der Waals surface area contributed by atoms with E-state index in [2.05, 4.69) is 19.2 Å². The summed E-state index contributed by atoms with van der Waals surface area (Å²) in [4.78, 5) is 11.8. The van der Waals surface area contributed by atoms with Crippen molar-refractivity contribution in [1.29, 1.82) is 0 Å². The molecule has 5 heteroatoms. The zero-order chi connectivity index (χ0) is 14.1. The van der Waals surface area contributed by atoms with E-state index in [1.165, 1.54) is 0 Å². The molecular formula is C14H31ClN2O2. The van der Waals surface area contributed by atoms with Crippen LogP contribution in [-0.2, 0) is 9.53 Å². The summed E-state index contributed by atoms with van der Waals surface area (Å²) in [5, 5.41) is 2.90. The molecule has 0 fully saturated rings. The van der Waals surface area contributed by atoms with Crippen LogP contribution in [-0.4, -0.2) is 31.2 Å². The van der Waals surface area contributed by atoms with Gasteiger partial charge in [-0.3, -0.25) is 4.79 Å². The molecule has 0 aromatic rings. The topological polar surface area (TPSA) is 64.3 Å². The van der Waals surface area contributed by atoms with Gasteiger partial charge in [0.1, 0.15) is 0 Å². The van der Waals surface area contributed by atoms with E-state index in [1.807, 2.05) is 20.8 Å². The highest BCUT2D eigenvalue weighted by atomic mass is 35.5. The molecule has 0 aliphatic carbocycles. The fourth-order valence-corrected chi connectivity index (χ4v) is 1.79. The highest BCUT2D eigenvalue weighted by Gasteiger charge is 2.19. The lowest BCUT2D eigenvalue weighted by Gasteiger charge is -2.22. The monoisotopic (exact) mass is 294 g/mol. The van der Waals surface area contributed by atoms with Crippen molar-refractivity contribution in [2.24, 2.45) is 17.6 Å². The van der Waals surface area contributed by atoms with E-state index in [4.69, 9.17) is 10.5 Å². The smallest absolute Gasteiger partial charge is 0.237 e. The van der Waals surface area contributed by atoms with Crippen molar-refractivity contribution in [3.05, 3.63) is 0 Å². The Morgan fingerprint density at radius 3 is 2.26 bits per heavy atom. The molecule has 19 heavy (non-hydrogen) atoms. The highest BCUT2D eigenvalue weighted by molar-refractivity contribution is 5.85. The number of amides is 1. The molecule has 4 nitrogen and oxygen atoms in total. The lowest BCUT2D eigenvalue weighted by molar-refractivity contribution is -0.123. The average Bonchev–Trinajstić information content (AvgIpc) is 2.35. The van der Waals surface area contributed by atoms with Crippen LogP contribution in [0.15, 0.2) is 0 Å². The number of hydrogen-bond acceptors (Lipinski definition) is 3. The molecule has 0 heterocycles. The molecule has 0 aromatic carbocycles. The summed E-state index contributed by atoms with van der Waals surface area (Å²) in [6.07, 6.45) is 1.96. The van der Waals surface area contributed by atoms with E-state index >= 15 is 0 Å². The number of nitrogens with two attached hydrogens (primary N) is 1. The number of carbonyl (C=O) groups excluding carboxylic acids is 1. The third-order valence-corrected chi connectivity index (χ3v) is 3.41. The Hall–Kier alpha value is -0.320. The van der Waals surface area contributed by atoms with Crippen LogP contribution in [0.3, 0.4) is 0 Å². The van der Waals surface area contributed by atoms with Crippen LogP contribution in [0.1, 0.15) is 47.5 Å². The van der Waals surface area contributed by atoms with Gasteiger partial charge in [-0.2, -0.15) is 0 Å². The van der Waals surface area contributed by atoms with Crippen molar-refractivity contribution in [1.82, 2.24) is 5.32 Å². The average molecular weight is 295 g/mol. The minimum atomic E-state index is -0.403. The van der Waals surface area contributed by atoms with Crippen molar-refractivity contribution in [3.8, 4) is 0 Å². The first kappa shape index (κ1) is 21.0. The van der Waals surface area contributed by atoms with Crippen molar-refractivity contribution in [3.63, 3.8) is 0 Å². The van der Waals surface area contributed by atoms with Gasteiger partial charge in [0.25, 0.3) is 0 Å². The van der Waals surface area contributed by atoms with E-state index in [0.717, 1.165) is 12.8 Å².